The summed E-state index contributed by atoms with van der Waals surface area (Å²) in [6, 6.07) is -1.06. The molecule has 11 heteroatoms. The third kappa shape index (κ3) is 38.0. The average Bonchev–Trinajstić information content (AvgIpc) is 3.40. The summed E-state index contributed by atoms with van der Waals surface area (Å²) in [6.45, 7) is 5.56. The van der Waals surface area contributed by atoms with Crippen molar-refractivity contribution in [1.82, 2.24) is 5.32 Å². The first-order chi connectivity index (χ1) is 36.2. The highest BCUT2D eigenvalue weighted by atomic mass is 16.7. The van der Waals surface area contributed by atoms with Gasteiger partial charge in [0.2, 0.25) is 5.91 Å². The van der Waals surface area contributed by atoms with E-state index in [0.717, 1.165) is 89.9 Å². The van der Waals surface area contributed by atoms with Crippen molar-refractivity contribution in [2.45, 2.75) is 262 Å². The number of aliphatic hydroxyl groups is 5. The molecule has 1 heterocycles. The van der Waals surface area contributed by atoms with Gasteiger partial charge in [-0.3, -0.25) is 9.59 Å². The Hall–Kier alpha value is -3.68. The zero-order valence-electron chi connectivity index (χ0n) is 46.4. The fraction of sp³-hybridized carbons (Fsp3) is 0.683. The van der Waals surface area contributed by atoms with E-state index in [9.17, 15) is 35.1 Å². The minimum absolute atomic E-state index is 0.103. The van der Waals surface area contributed by atoms with Crippen molar-refractivity contribution in [3.05, 3.63) is 109 Å². The average molecular weight is 1040 g/mol. The third-order valence-electron chi connectivity index (χ3n) is 13.1. The lowest BCUT2D eigenvalue weighted by Crippen LogP contribution is -2.61. The molecule has 0 bridgehead atoms. The first-order valence-corrected chi connectivity index (χ1v) is 29.2. The van der Waals surface area contributed by atoms with Crippen molar-refractivity contribution >= 4 is 11.9 Å². The molecule has 1 rings (SSSR count). The number of ether oxygens (including phenoxy) is 3. The van der Waals surface area contributed by atoms with E-state index in [1.165, 1.54) is 77.0 Å². The topological polar surface area (TPSA) is 175 Å². The van der Waals surface area contributed by atoms with Gasteiger partial charge in [0.15, 0.2) is 12.4 Å². The highest BCUT2D eigenvalue weighted by Crippen LogP contribution is 2.26. The summed E-state index contributed by atoms with van der Waals surface area (Å²) in [6.07, 6.45) is 56.9. The Morgan fingerprint density at radius 1 is 0.554 bits per heavy atom. The predicted molar refractivity (Wildman–Crippen MR) is 305 cm³/mol. The van der Waals surface area contributed by atoms with Gasteiger partial charge in [0, 0.05) is 6.42 Å². The second-order valence-electron chi connectivity index (χ2n) is 19.8. The molecule has 0 radical (unpaired) electrons. The molecule has 1 aliphatic rings. The Kier molecular flexibility index (Phi) is 46.3. The van der Waals surface area contributed by atoms with E-state index in [0.29, 0.717) is 12.8 Å². The van der Waals surface area contributed by atoms with Crippen molar-refractivity contribution in [1.29, 1.82) is 0 Å². The first kappa shape index (κ1) is 68.3. The van der Waals surface area contributed by atoms with Gasteiger partial charge in [-0.15, -0.1) is 0 Å². The maximum atomic E-state index is 13.4. The largest absolute Gasteiger partial charge is 0.454 e. The molecule has 0 spiro atoms. The first-order valence-electron chi connectivity index (χ1n) is 29.2. The van der Waals surface area contributed by atoms with Crippen LogP contribution < -0.4 is 5.32 Å². The fourth-order valence-electron chi connectivity index (χ4n) is 8.42. The maximum absolute atomic E-state index is 13.4. The zero-order valence-corrected chi connectivity index (χ0v) is 46.4. The van der Waals surface area contributed by atoms with Crippen molar-refractivity contribution in [3.63, 3.8) is 0 Å². The van der Waals surface area contributed by atoms with E-state index in [-0.39, 0.29) is 19.4 Å². The van der Waals surface area contributed by atoms with Crippen molar-refractivity contribution in [3.8, 4) is 0 Å². The molecule has 11 nitrogen and oxygen atoms in total. The van der Waals surface area contributed by atoms with Gasteiger partial charge < -0.3 is 45.1 Å². The number of allylic oxidation sites excluding steroid dienone is 17. The van der Waals surface area contributed by atoms with Crippen molar-refractivity contribution < 1.29 is 49.3 Å². The van der Waals surface area contributed by atoms with Crippen LogP contribution in [0.25, 0.3) is 0 Å². The predicted octanol–water partition coefficient (Wildman–Crippen LogP) is 13.3. The molecular formula is C63H105NO10. The van der Waals surface area contributed by atoms with Crippen LogP contribution in [0.1, 0.15) is 213 Å². The number of carbonyl (C=O) groups excluding carboxylic acids is 2. The van der Waals surface area contributed by atoms with E-state index in [1.54, 1.807) is 6.08 Å². The Morgan fingerprint density at radius 3 is 1.59 bits per heavy atom. The number of unbranched alkanes of at least 4 members (excludes halogenated alkanes) is 22. The molecule has 0 aromatic rings. The molecule has 74 heavy (non-hydrogen) atoms. The Morgan fingerprint density at radius 2 is 1.03 bits per heavy atom. The van der Waals surface area contributed by atoms with E-state index in [2.05, 4.69) is 56.5 Å². The summed E-state index contributed by atoms with van der Waals surface area (Å²) >= 11 is 0. The van der Waals surface area contributed by atoms with Gasteiger partial charge in [-0.25, -0.2) is 0 Å². The number of hydrogen-bond donors (Lipinski definition) is 6. The van der Waals surface area contributed by atoms with E-state index in [4.69, 9.17) is 14.2 Å². The molecule has 0 aromatic heterocycles. The molecule has 0 saturated carbocycles. The lowest BCUT2D eigenvalue weighted by Gasteiger charge is -2.41. The van der Waals surface area contributed by atoms with Gasteiger partial charge >= 0.3 is 5.97 Å². The summed E-state index contributed by atoms with van der Waals surface area (Å²) in [5, 5.41) is 56.8. The number of nitrogens with one attached hydrogen (secondary N) is 1. The van der Waals surface area contributed by atoms with E-state index < -0.39 is 67.4 Å². The molecule has 1 saturated heterocycles. The van der Waals surface area contributed by atoms with Gasteiger partial charge in [-0.05, 0) is 77.0 Å². The van der Waals surface area contributed by atoms with Crippen LogP contribution in [-0.4, -0.2) is 99.6 Å². The number of carbonyl (C=O) groups is 2. The van der Waals surface area contributed by atoms with Crippen LogP contribution in [0.5, 0.6) is 0 Å². The fourth-order valence-corrected chi connectivity index (χ4v) is 8.42. The smallest absolute Gasteiger partial charge is 0.306 e. The van der Waals surface area contributed by atoms with Crippen LogP contribution in [0.15, 0.2) is 109 Å². The minimum Gasteiger partial charge on any atom is -0.454 e. The standard InChI is InChI=1S/C63H105NO10/c1-4-7-10-13-16-19-22-25-27-29-31-33-36-39-42-45-48-51-58(68)74-61-60(70)59(69)57(52-65)73-63(61)72-53-54(55(66)49-46-43-40-37-34-24-21-18-15-12-9-6-3)64-62(71)56(67)50-47-44-41-38-35-32-30-28-26-23-20-17-14-11-8-5-2/h8,11,14,16-17,19-20,23,25-28,30,32,35,38,46,49,54-57,59-61,63,65-67,69-70H,4-7,9-10,12-13,15,18,21-22,24,29,31,33-34,36-37,39-45,47-48,50-53H2,1-3H3,(H,64,71)/b11-8-,17-14+,19-16-,23-20+,27-25-,28-26-,32-30+,38-35+,49-46+. The van der Waals surface area contributed by atoms with Crippen LogP contribution in [0.3, 0.4) is 0 Å². The van der Waals surface area contributed by atoms with Gasteiger partial charge in [0.05, 0.1) is 25.4 Å². The van der Waals surface area contributed by atoms with Gasteiger partial charge in [-0.2, -0.15) is 0 Å². The van der Waals surface area contributed by atoms with Gasteiger partial charge in [-0.1, -0.05) is 239 Å². The van der Waals surface area contributed by atoms with Crippen LogP contribution in [0.4, 0.5) is 0 Å². The molecule has 0 aliphatic carbocycles. The Labute approximate surface area is 449 Å². The molecule has 8 unspecified atom stereocenters. The lowest BCUT2D eigenvalue weighted by atomic mass is 9.99. The van der Waals surface area contributed by atoms with E-state index in [1.807, 2.05) is 72.9 Å². The molecule has 6 N–H and O–H groups in total. The van der Waals surface area contributed by atoms with Gasteiger partial charge in [0.25, 0.3) is 0 Å². The van der Waals surface area contributed by atoms with Crippen LogP contribution in [0.2, 0.25) is 0 Å². The highest BCUT2D eigenvalue weighted by molar-refractivity contribution is 5.80. The molecule has 422 valence electrons. The summed E-state index contributed by atoms with van der Waals surface area (Å²) < 4.78 is 17.6. The lowest BCUT2D eigenvalue weighted by molar-refractivity contribution is -0.305. The van der Waals surface area contributed by atoms with E-state index >= 15 is 0 Å². The summed E-state index contributed by atoms with van der Waals surface area (Å²) in [7, 11) is 0. The number of esters is 1. The molecule has 8 atom stereocenters. The molecular weight excluding hydrogens is 931 g/mol. The monoisotopic (exact) mass is 1040 g/mol. The highest BCUT2D eigenvalue weighted by Gasteiger charge is 2.47. The number of rotatable bonds is 47. The molecule has 1 amide bonds. The number of aliphatic hydroxyl groups excluding tert-OH is 5. The Balaban J connectivity index is 2.77. The second-order valence-corrected chi connectivity index (χ2v) is 19.8. The molecule has 1 fully saturated rings. The number of amides is 1. The quantitative estimate of drug-likeness (QED) is 0.0149. The van der Waals surface area contributed by atoms with Crippen LogP contribution in [-0.2, 0) is 23.8 Å². The zero-order chi connectivity index (χ0) is 54.0. The van der Waals surface area contributed by atoms with Crippen LogP contribution in [0, 0.1) is 0 Å². The van der Waals surface area contributed by atoms with Gasteiger partial charge in [0.1, 0.15) is 24.4 Å². The normalized spacial score (nSPS) is 20.1. The van der Waals surface area contributed by atoms with Crippen molar-refractivity contribution in [2.24, 2.45) is 0 Å². The summed E-state index contributed by atoms with van der Waals surface area (Å²) in [5.41, 5.74) is 0. The Bertz CT molecular complexity index is 1610. The number of hydrogen-bond acceptors (Lipinski definition) is 10. The second kappa shape index (κ2) is 50.2. The third-order valence-corrected chi connectivity index (χ3v) is 13.1. The van der Waals surface area contributed by atoms with Crippen molar-refractivity contribution in [2.75, 3.05) is 13.2 Å². The summed E-state index contributed by atoms with van der Waals surface area (Å²) in [4.78, 5) is 26.5. The SMILES string of the molecule is CC\C=C/C=C/C=C/C=C\C=C\C=C\CCCCC(O)C(=O)NC(COC1OC(CO)C(O)C(O)C1OC(=O)CCCCCCCCC/C=C\C/C=C\CCCCC)C(O)/C=C/CCCCCCCCCCCC. The minimum atomic E-state index is -1.63. The van der Waals surface area contributed by atoms with Crippen LogP contribution >= 0.6 is 0 Å². The molecule has 0 aromatic carbocycles. The molecule has 1 aliphatic heterocycles. The maximum Gasteiger partial charge on any atom is 0.306 e. The summed E-state index contributed by atoms with van der Waals surface area (Å²) in [5.74, 6) is -1.26.